The van der Waals surface area contributed by atoms with Crippen molar-refractivity contribution in [3.63, 3.8) is 0 Å². The van der Waals surface area contributed by atoms with Crippen LogP contribution in [0.15, 0.2) is 48.5 Å². The lowest BCUT2D eigenvalue weighted by molar-refractivity contribution is 0.112. The monoisotopic (exact) mass is 323 g/mol. The molecule has 0 unspecified atom stereocenters. The van der Waals surface area contributed by atoms with Crippen molar-refractivity contribution in [2.75, 3.05) is 21.3 Å². The van der Waals surface area contributed by atoms with E-state index in [9.17, 15) is 4.79 Å². The minimum Gasteiger partial charge on any atom is -0.497 e. The summed E-state index contributed by atoms with van der Waals surface area (Å²) in [7, 11) is 4.66. The highest BCUT2D eigenvalue weighted by Gasteiger charge is 2.16. The van der Waals surface area contributed by atoms with Crippen molar-refractivity contribution in [3.8, 4) is 28.4 Å². The van der Waals surface area contributed by atoms with Gasteiger partial charge in [0.05, 0.1) is 22.7 Å². The minimum atomic E-state index is 0.250. The van der Waals surface area contributed by atoms with Gasteiger partial charge >= 0.3 is 0 Å². The quantitative estimate of drug-likeness (QED) is 0.655. The lowest BCUT2D eigenvalue weighted by atomic mass is 9.95. The van der Waals surface area contributed by atoms with E-state index in [1.807, 2.05) is 18.2 Å². The Morgan fingerprint density at radius 1 is 0.917 bits per heavy atom. The average Bonchev–Trinajstić information content (AvgIpc) is 2.66. The number of rotatable bonds is 5. The zero-order valence-corrected chi connectivity index (χ0v) is 13.8. The van der Waals surface area contributed by atoms with Crippen LogP contribution in [0.3, 0.4) is 0 Å². The Labute approximate surface area is 142 Å². The zero-order chi connectivity index (χ0) is 18.0. The number of hydrogen-bond donors (Lipinski definition) is 0. The first-order valence-corrected chi connectivity index (χ1v) is 7.42. The molecule has 0 saturated heterocycles. The lowest BCUT2D eigenvalue weighted by Gasteiger charge is -2.16. The molecular weight excluding hydrogens is 304 g/mol. The summed E-state index contributed by atoms with van der Waals surface area (Å²) in [5.74, 6) is 1.63. The predicted molar refractivity (Wildman–Crippen MR) is 94.4 cm³/mol. The van der Waals surface area contributed by atoms with Crippen LogP contribution < -0.4 is 14.2 Å². The van der Waals surface area contributed by atoms with Crippen LogP contribution in [0.25, 0.3) is 21.9 Å². The molecule has 0 N–H and O–H groups in total. The molecule has 3 aromatic rings. The van der Waals surface area contributed by atoms with Crippen LogP contribution in [-0.4, -0.2) is 27.6 Å². The van der Waals surface area contributed by atoms with Crippen molar-refractivity contribution in [1.82, 2.24) is 0 Å². The van der Waals surface area contributed by atoms with E-state index in [2.05, 4.69) is 0 Å². The molecule has 0 bridgehead atoms. The van der Waals surface area contributed by atoms with Crippen LogP contribution in [0.2, 0.25) is 0 Å². The fourth-order valence-electron chi connectivity index (χ4n) is 2.76. The van der Waals surface area contributed by atoms with E-state index in [1.165, 1.54) is 7.11 Å². The Morgan fingerprint density at radius 3 is 2.38 bits per heavy atom. The number of carbonyl (C=O) groups excluding carboxylic acids is 1. The highest BCUT2D eigenvalue weighted by molar-refractivity contribution is 5.97. The standard InChI is InChI=1S/C20H18O4/c1-22-16-8-7-13-11-19(24-3)17(10-15(13)9-16)20-14(12-21)5-4-6-18(20)23-2/h4-12H,1-3H3/i11D. The summed E-state index contributed by atoms with van der Waals surface area (Å²) in [6.45, 7) is 0. The molecule has 4 heteroatoms. The summed E-state index contributed by atoms with van der Waals surface area (Å²) in [4.78, 5) is 11.6. The highest BCUT2D eigenvalue weighted by Crippen LogP contribution is 2.41. The maximum absolute atomic E-state index is 11.6. The molecule has 0 atom stereocenters. The highest BCUT2D eigenvalue weighted by atomic mass is 16.5. The van der Waals surface area contributed by atoms with Crippen LogP contribution >= 0.6 is 0 Å². The first-order valence-electron chi connectivity index (χ1n) is 7.92. The van der Waals surface area contributed by atoms with E-state index >= 15 is 0 Å². The summed E-state index contributed by atoms with van der Waals surface area (Å²) >= 11 is 0. The molecule has 4 nitrogen and oxygen atoms in total. The molecule has 0 saturated carbocycles. The zero-order valence-electron chi connectivity index (χ0n) is 14.8. The van der Waals surface area contributed by atoms with Gasteiger partial charge in [0, 0.05) is 16.7 Å². The van der Waals surface area contributed by atoms with E-state index < -0.39 is 0 Å². The topological polar surface area (TPSA) is 44.8 Å². The first-order chi connectivity index (χ1) is 12.1. The smallest absolute Gasteiger partial charge is 0.150 e. The van der Waals surface area contributed by atoms with Gasteiger partial charge in [0.1, 0.15) is 17.2 Å². The summed E-state index contributed by atoms with van der Waals surface area (Å²) in [6.07, 6.45) is 0.774. The van der Waals surface area contributed by atoms with Crippen molar-refractivity contribution >= 4 is 17.1 Å². The molecule has 0 fully saturated rings. The van der Waals surface area contributed by atoms with E-state index in [1.54, 1.807) is 38.5 Å². The predicted octanol–water partition coefficient (Wildman–Crippen LogP) is 4.35. The second-order valence-corrected chi connectivity index (χ2v) is 5.21. The molecular formula is C20H18O4. The number of fused-ring (bicyclic) bond motifs is 1. The fraction of sp³-hybridized carbons (Fsp3) is 0.150. The van der Waals surface area contributed by atoms with Gasteiger partial charge in [0.15, 0.2) is 6.29 Å². The Bertz CT molecular complexity index is 950. The number of hydrogen-bond acceptors (Lipinski definition) is 4. The molecule has 3 rings (SSSR count). The van der Waals surface area contributed by atoms with Crippen LogP contribution in [-0.2, 0) is 0 Å². The van der Waals surface area contributed by atoms with E-state index in [4.69, 9.17) is 15.6 Å². The molecule has 0 aromatic heterocycles. The second kappa shape index (κ2) is 6.62. The van der Waals surface area contributed by atoms with Gasteiger partial charge in [-0.05, 0) is 41.1 Å². The summed E-state index contributed by atoms with van der Waals surface area (Å²) in [5.41, 5.74) is 1.71. The SMILES string of the molecule is [2H]c1c(OC)c(-c2c(C=O)cccc2OC)cc2cc(OC)ccc12. The van der Waals surface area contributed by atoms with Gasteiger partial charge in [-0.3, -0.25) is 4.79 Å². The first kappa shape index (κ1) is 14.6. The van der Waals surface area contributed by atoms with Gasteiger partial charge in [-0.2, -0.15) is 0 Å². The molecule has 0 aliphatic heterocycles. The molecule has 0 radical (unpaired) electrons. The molecule has 0 spiro atoms. The Hall–Kier alpha value is -3.01. The molecule has 24 heavy (non-hydrogen) atoms. The van der Waals surface area contributed by atoms with Crippen molar-refractivity contribution in [2.45, 2.75) is 0 Å². The fourth-order valence-corrected chi connectivity index (χ4v) is 2.76. The third kappa shape index (κ3) is 2.67. The third-order valence-corrected chi connectivity index (χ3v) is 3.93. The third-order valence-electron chi connectivity index (χ3n) is 3.93. The summed E-state index contributed by atoms with van der Waals surface area (Å²) < 4.78 is 24.7. The van der Waals surface area contributed by atoms with E-state index in [0.29, 0.717) is 33.9 Å². The van der Waals surface area contributed by atoms with Gasteiger partial charge in [-0.25, -0.2) is 0 Å². The van der Waals surface area contributed by atoms with E-state index in [-0.39, 0.29) is 6.04 Å². The lowest BCUT2D eigenvalue weighted by Crippen LogP contribution is -1.96. The van der Waals surface area contributed by atoms with Crippen molar-refractivity contribution in [1.29, 1.82) is 0 Å². The Kier molecular flexibility index (Phi) is 4.02. The maximum Gasteiger partial charge on any atom is 0.150 e. The maximum atomic E-state index is 11.6. The van der Waals surface area contributed by atoms with Gasteiger partial charge in [0.25, 0.3) is 0 Å². The van der Waals surface area contributed by atoms with Gasteiger partial charge in [-0.1, -0.05) is 18.2 Å². The van der Waals surface area contributed by atoms with Crippen LogP contribution in [0.5, 0.6) is 17.2 Å². The van der Waals surface area contributed by atoms with Gasteiger partial charge in [0.2, 0.25) is 0 Å². The van der Waals surface area contributed by atoms with Gasteiger partial charge in [-0.15, -0.1) is 0 Å². The summed E-state index contributed by atoms with van der Waals surface area (Å²) in [6, 6.07) is 12.9. The summed E-state index contributed by atoms with van der Waals surface area (Å²) in [5, 5.41) is 1.56. The van der Waals surface area contributed by atoms with Crippen molar-refractivity contribution in [3.05, 3.63) is 54.1 Å². The molecule has 122 valence electrons. The van der Waals surface area contributed by atoms with Crippen LogP contribution in [0.1, 0.15) is 11.7 Å². The second-order valence-electron chi connectivity index (χ2n) is 5.21. The molecule has 0 aliphatic carbocycles. The molecule has 0 heterocycles. The Morgan fingerprint density at radius 2 is 1.71 bits per heavy atom. The Balaban J connectivity index is 2.42. The number of benzene rings is 3. The van der Waals surface area contributed by atoms with Gasteiger partial charge < -0.3 is 14.2 Å². The number of carbonyl (C=O) groups is 1. The molecule has 0 amide bonds. The van der Waals surface area contributed by atoms with E-state index in [0.717, 1.165) is 17.1 Å². The van der Waals surface area contributed by atoms with Crippen LogP contribution in [0, 0.1) is 0 Å². The van der Waals surface area contributed by atoms with Crippen molar-refractivity contribution in [2.24, 2.45) is 0 Å². The largest absolute Gasteiger partial charge is 0.497 e. The van der Waals surface area contributed by atoms with Crippen molar-refractivity contribution < 1.29 is 20.4 Å². The minimum absolute atomic E-state index is 0.250. The molecule has 3 aromatic carbocycles. The number of aldehydes is 1. The normalized spacial score (nSPS) is 11.0. The molecule has 0 aliphatic rings. The van der Waals surface area contributed by atoms with Crippen LogP contribution in [0.4, 0.5) is 0 Å². The number of ether oxygens (including phenoxy) is 3. The average molecular weight is 323 g/mol. The number of methoxy groups -OCH3 is 3.